The van der Waals surface area contributed by atoms with Crippen molar-refractivity contribution in [1.29, 1.82) is 0 Å². The molecule has 9 heteroatoms. The van der Waals surface area contributed by atoms with Crippen molar-refractivity contribution in [1.82, 2.24) is 10.2 Å². The third-order valence-corrected chi connectivity index (χ3v) is 10.1. The zero-order valence-electron chi connectivity index (χ0n) is 20.2. The van der Waals surface area contributed by atoms with Crippen LogP contribution in [0.2, 0.25) is 5.02 Å². The topological polar surface area (TPSA) is 98.7 Å². The SMILES string of the molecule is Cc1cccc(Cl)c1NC(=O)C1N([C@H](C)CO)C(=O)[C@@H]2[C@H](C(=O)NCc3ccccc3)[C@@H]3CCC12S3. The Kier molecular flexibility index (Phi) is 6.78. The number of aryl methyl sites for hydroxylation is 1. The summed E-state index contributed by atoms with van der Waals surface area (Å²) in [6.45, 7) is 3.70. The van der Waals surface area contributed by atoms with Crippen molar-refractivity contribution in [3.63, 3.8) is 0 Å². The number of amides is 3. The van der Waals surface area contributed by atoms with E-state index in [9.17, 15) is 19.5 Å². The van der Waals surface area contributed by atoms with E-state index < -0.39 is 28.7 Å². The van der Waals surface area contributed by atoms with Crippen molar-refractivity contribution < 1.29 is 19.5 Å². The molecule has 5 rings (SSSR count). The van der Waals surface area contributed by atoms with Gasteiger partial charge in [0, 0.05) is 11.8 Å². The Morgan fingerprint density at radius 3 is 2.64 bits per heavy atom. The molecule has 2 bridgehead atoms. The van der Waals surface area contributed by atoms with Crippen LogP contribution in [0.3, 0.4) is 0 Å². The number of halogens is 1. The quantitative estimate of drug-likeness (QED) is 0.513. The van der Waals surface area contributed by atoms with Gasteiger partial charge in [-0.25, -0.2) is 0 Å². The minimum absolute atomic E-state index is 0.0290. The molecule has 3 amide bonds. The van der Waals surface area contributed by atoms with E-state index in [1.165, 1.54) is 4.90 Å². The largest absolute Gasteiger partial charge is 0.394 e. The lowest BCUT2D eigenvalue weighted by Crippen LogP contribution is -2.54. The molecule has 7 nitrogen and oxygen atoms in total. The highest BCUT2D eigenvalue weighted by Crippen LogP contribution is 2.66. The number of carbonyl (C=O) groups is 3. The molecule has 36 heavy (non-hydrogen) atoms. The van der Waals surface area contributed by atoms with Gasteiger partial charge in [-0.2, -0.15) is 0 Å². The molecule has 3 fully saturated rings. The molecule has 3 aliphatic heterocycles. The molecule has 0 radical (unpaired) electrons. The Hall–Kier alpha value is -2.55. The van der Waals surface area contributed by atoms with Gasteiger partial charge in [0.05, 0.1) is 39.9 Å². The van der Waals surface area contributed by atoms with E-state index in [4.69, 9.17) is 11.6 Å². The predicted octanol–water partition coefficient (Wildman–Crippen LogP) is 3.38. The number of hydrogen-bond donors (Lipinski definition) is 3. The summed E-state index contributed by atoms with van der Waals surface area (Å²) in [6.07, 6.45) is 1.42. The molecular weight excluding hydrogens is 498 g/mol. The first-order valence-corrected chi connectivity index (χ1v) is 13.5. The van der Waals surface area contributed by atoms with Gasteiger partial charge in [0.25, 0.3) is 0 Å². The maximum atomic E-state index is 13.9. The Morgan fingerprint density at radius 1 is 1.19 bits per heavy atom. The Balaban J connectivity index is 1.45. The van der Waals surface area contributed by atoms with E-state index >= 15 is 0 Å². The van der Waals surface area contributed by atoms with Crippen LogP contribution in [0.15, 0.2) is 48.5 Å². The Morgan fingerprint density at radius 2 is 1.94 bits per heavy atom. The van der Waals surface area contributed by atoms with Crippen LogP contribution in [0.1, 0.15) is 30.9 Å². The number of fused-ring (bicyclic) bond motifs is 1. The molecule has 2 aromatic rings. The fraction of sp³-hybridized carbons (Fsp3) is 0.444. The molecule has 2 unspecified atom stereocenters. The number of benzene rings is 2. The highest BCUT2D eigenvalue weighted by Gasteiger charge is 2.74. The summed E-state index contributed by atoms with van der Waals surface area (Å²) in [5.74, 6) is -1.86. The van der Waals surface area contributed by atoms with Gasteiger partial charge in [0.15, 0.2) is 0 Å². The number of rotatable bonds is 7. The van der Waals surface area contributed by atoms with Crippen molar-refractivity contribution in [3.05, 3.63) is 64.7 Å². The number of nitrogens with one attached hydrogen (secondary N) is 2. The first-order chi connectivity index (χ1) is 17.3. The molecule has 0 aliphatic carbocycles. The molecule has 3 aliphatic rings. The van der Waals surface area contributed by atoms with Crippen LogP contribution in [-0.4, -0.2) is 56.4 Å². The summed E-state index contributed by atoms with van der Waals surface area (Å²) < 4.78 is -0.723. The van der Waals surface area contributed by atoms with E-state index in [0.29, 0.717) is 23.7 Å². The summed E-state index contributed by atoms with van der Waals surface area (Å²) in [5.41, 5.74) is 2.32. The van der Waals surface area contributed by atoms with Crippen molar-refractivity contribution in [2.24, 2.45) is 11.8 Å². The number of anilines is 1. The molecule has 0 aromatic heterocycles. The number of aliphatic hydroxyl groups excluding tert-OH is 1. The van der Waals surface area contributed by atoms with E-state index in [1.54, 1.807) is 24.8 Å². The minimum atomic E-state index is -0.810. The van der Waals surface area contributed by atoms with Crippen LogP contribution in [0, 0.1) is 18.8 Å². The number of para-hydroxylation sites is 1. The zero-order valence-corrected chi connectivity index (χ0v) is 21.8. The molecule has 6 atom stereocenters. The second-order valence-electron chi connectivity index (χ2n) is 9.96. The fourth-order valence-corrected chi connectivity index (χ4v) is 8.61. The molecule has 3 N–H and O–H groups in total. The normalized spacial score (nSPS) is 29.2. The number of likely N-dealkylation sites (tertiary alicyclic amines) is 1. The predicted molar refractivity (Wildman–Crippen MR) is 141 cm³/mol. The van der Waals surface area contributed by atoms with Gasteiger partial charge in [-0.15, -0.1) is 11.8 Å². The number of carbonyl (C=O) groups excluding carboxylic acids is 3. The van der Waals surface area contributed by atoms with E-state index in [-0.39, 0.29) is 29.6 Å². The van der Waals surface area contributed by atoms with Crippen LogP contribution in [0.4, 0.5) is 5.69 Å². The van der Waals surface area contributed by atoms with Crippen molar-refractivity contribution in [2.75, 3.05) is 11.9 Å². The molecule has 2 aromatic carbocycles. The highest BCUT2D eigenvalue weighted by molar-refractivity contribution is 8.02. The van der Waals surface area contributed by atoms with Crippen molar-refractivity contribution in [2.45, 2.75) is 55.3 Å². The molecule has 0 saturated carbocycles. The molecule has 3 saturated heterocycles. The van der Waals surface area contributed by atoms with Crippen LogP contribution >= 0.6 is 23.4 Å². The number of nitrogens with zero attached hydrogens (tertiary/aromatic N) is 1. The van der Waals surface area contributed by atoms with Crippen LogP contribution in [-0.2, 0) is 20.9 Å². The third kappa shape index (κ3) is 3.99. The first kappa shape index (κ1) is 25.1. The van der Waals surface area contributed by atoms with Gasteiger partial charge >= 0.3 is 0 Å². The van der Waals surface area contributed by atoms with Crippen LogP contribution < -0.4 is 10.6 Å². The number of aliphatic hydroxyl groups is 1. The summed E-state index contributed by atoms with van der Waals surface area (Å²) in [6, 6.07) is 13.7. The molecule has 1 spiro atoms. The third-order valence-electron chi connectivity index (χ3n) is 7.81. The fourth-order valence-electron chi connectivity index (χ4n) is 6.14. The van der Waals surface area contributed by atoms with Gasteiger partial charge in [-0.1, -0.05) is 54.1 Å². The Labute approximate surface area is 220 Å². The summed E-state index contributed by atoms with van der Waals surface area (Å²) in [5, 5.41) is 16.4. The van der Waals surface area contributed by atoms with Gasteiger partial charge in [0.1, 0.15) is 6.04 Å². The summed E-state index contributed by atoms with van der Waals surface area (Å²) >= 11 is 7.98. The number of hydrogen-bond acceptors (Lipinski definition) is 5. The van der Waals surface area contributed by atoms with E-state index in [2.05, 4.69) is 10.6 Å². The van der Waals surface area contributed by atoms with E-state index in [1.807, 2.05) is 49.4 Å². The average Bonchev–Trinajstić information content (AvgIpc) is 3.52. The van der Waals surface area contributed by atoms with Crippen molar-refractivity contribution >= 4 is 46.8 Å². The van der Waals surface area contributed by atoms with Gasteiger partial charge in [0.2, 0.25) is 17.7 Å². The van der Waals surface area contributed by atoms with Gasteiger partial charge in [-0.3, -0.25) is 14.4 Å². The lowest BCUT2D eigenvalue weighted by Gasteiger charge is -2.36. The minimum Gasteiger partial charge on any atom is -0.394 e. The van der Waals surface area contributed by atoms with Gasteiger partial charge < -0.3 is 20.6 Å². The highest BCUT2D eigenvalue weighted by atomic mass is 35.5. The lowest BCUT2D eigenvalue weighted by molar-refractivity contribution is -0.141. The van der Waals surface area contributed by atoms with Crippen molar-refractivity contribution in [3.8, 4) is 0 Å². The molecular formula is C27H30ClN3O4S. The number of thioether (sulfide) groups is 1. The first-order valence-electron chi connectivity index (χ1n) is 12.3. The van der Waals surface area contributed by atoms with Crippen LogP contribution in [0.5, 0.6) is 0 Å². The maximum Gasteiger partial charge on any atom is 0.248 e. The second kappa shape index (κ2) is 9.72. The standard InChI is InChI=1S/C27H30ClN3O4S/c1-15-7-6-10-18(28)22(15)30-25(34)23-27-12-11-19(36-27)20(21(27)26(35)31(23)16(2)14-32)24(33)29-13-17-8-4-3-5-9-17/h3-10,16,19-21,23,32H,11-14H2,1-2H3,(H,29,33)(H,30,34)/t16-,19+,20-,21+,23?,27?/m1/s1. The summed E-state index contributed by atoms with van der Waals surface area (Å²) in [4.78, 5) is 42.7. The zero-order chi connectivity index (χ0) is 25.6. The lowest BCUT2D eigenvalue weighted by atomic mass is 9.70. The average molecular weight is 528 g/mol. The smallest absolute Gasteiger partial charge is 0.248 e. The second-order valence-corrected chi connectivity index (χ2v) is 12.0. The molecule has 3 heterocycles. The van der Waals surface area contributed by atoms with Gasteiger partial charge in [-0.05, 0) is 43.9 Å². The monoisotopic (exact) mass is 527 g/mol. The van der Waals surface area contributed by atoms with E-state index in [0.717, 1.165) is 17.5 Å². The Bertz CT molecular complexity index is 1170. The maximum absolute atomic E-state index is 13.9. The molecule has 190 valence electrons. The summed E-state index contributed by atoms with van der Waals surface area (Å²) in [7, 11) is 0. The van der Waals surface area contributed by atoms with Crippen LogP contribution in [0.25, 0.3) is 0 Å².